The summed E-state index contributed by atoms with van der Waals surface area (Å²) in [6, 6.07) is 7.14. The van der Waals surface area contributed by atoms with Gasteiger partial charge in [-0.15, -0.1) is 5.92 Å². The molecule has 1 unspecified atom stereocenters. The van der Waals surface area contributed by atoms with Crippen molar-refractivity contribution in [1.29, 1.82) is 0 Å². The van der Waals surface area contributed by atoms with Crippen molar-refractivity contribution in [3.05, 3.63) is 29.8 Å². The first-order valence-corrected chi connectivity index (χ1v) is 16.0. The van der Waals surface area contributed by atoms with Crippen molar-refractivity contribution in [2.45, 2.75) is 45.0 Å². The molecule has 0 fully saturated rings. The maximum atomic E-state index is 12.2. The average Bonchev–Trinajstić information content (AvgIpc) is 2.95. The largest absolute Gasteiger partial charge is 0.490 e. The smallest absolute Gasteiger partial charge is 0.251 e. The Labute approximate surface area is 241 Å². The van der Waals surface area contributed by atoms with E-state index in [1.165, 1.54) is 0 Å². The summed E-state index contributed by atoms with van der Waals surface area (Å²) in [4.78, 5) is 23.9. The van der Waals surface area contributed by atoms with E-state index in [1.54, 1.807) is 33.7 Å². The second-order valence-electron chi connectivity index (χ2n) is 8.10. The number of nitrogens with one attached hydrogen (secondary N) is 2. The zero-order chi connectivity index (χ0) is 28.4. The van der Waals surface area contributed by atoms with E-state index in [0.29, 0.717) is 90.1 Å². The Morgan fingerprint density at radius 1 is 0.949 bits per heavy atom. The fraction of sp³-hybridized carbons (Fsp3) is 0.643. The Morgan fingerprint density at radius 2 is 1.74 bits per heavy atom. The summed E-state index contributed by atoms with van der Waals surface area (Å²) in [7, 11) is 3.17. The van der Waals surface area contributed by atoms with Crippen LogP contribution in [0.15, 0.2) is 24.3 Å². The summed E-state index contributed by atoms with van der Waals surface area (Å²) >= 11 is 0. The Balaban J connectivity index is 2.07. The minimum atomic E-state index is -0.176. The minimum absolute atomic E-state index is 0.0120. The van der Waals surface area contributed by atoms with Crippen molar-refractivity contribution in [3.8, 4) is 17.6 Å². The van der Waals surface area contributed by atoms with Gasteiger partial charge in [-0.2, -0.15) is 0 Å². The molecular formula is C28H44N2O7S2. The molecule has 0 saturated carbocycles. The van der Waals surface area contributed by atoms with E-state index in [-0.39, 0.29) is 17.3 Å². The summed E-state index contributed by atoms with van der Waals surface area (Å²) in [6.45, 7) is 8.62. The van der Waals surface area contributed by atoms with Gasteiger partial charge in [0.05, 0.1) is 33.0 Å². The third-order valence-corrected chi connectivity index (χ3v) is 6.76. The highest BCUT2D eigenvalue weighted by molar-refractivity contribution is 8.76. The van der Waals surface area contributed by atoms with Gasteiger partial charge in [0.25, 0.3) is 5.91 Å². The Morgan fingerprint density at radius 3 is 2.51 bits per heavy atom. The van der Waals surface area contributed by atoms with E-state index in [2.05, 4.69) is 22.5 Å². The monoisotopic (exact) mass is 584 g/mol. The van der Waals surface area contributed by atoms with Gasteiger partial charge < -0.3 is 34.3 Å². The lowest BCUT2D eigenvalue weighted by Gasteiger charge is -2.17. The molecular weight excluding hydrogens is 540 g/mol. The van der Waals surface area contributed by atoms with Crippen LogP contribution in [0.3, 0.4) is 0 Å². The van der Waals surface area contributed by atoms with Crippen LogP contribution in [0, 0.1) is 11.8 Å². The van der Waals surface area contributed by atoms with Crippen molar-refractivity contribution in [3.63, 3.8) is 0 Å². The minimum Gasteiger partial charge on any atom is -0.490 e. The van der Waals surface area contributed by atoms with Gasteiger partial charge in [-0.05, 0) is 37.3 Å². The Hall–Kier alpha value is -1.94. The average molecular weight is 585 g/mol. The molecule has 1 rings (SSSR count). The molecule has 1 aromatic rings. The number of hydrogen-bond donors (Lipinski definition) is 2. The van der Waals surface area contributed by atoms with Gasteiger partial charge in [-0.25, -0.2) is 0 Å². The summed E-state index contributed by atoms with van der Waals surface area (Å²) in [5.41, 5.74) is 0.398. The van der Waals surface area contributed by atoms with Crippen molar-refractivity contribution < 1.29 is 33.3 Å². The molecule has 0 heterocycles. The van der Waals surface area contributed by atoms with Gasteiger partial charge in [0.15, 0.2) is 0 Å². The van der Waals surface area contributed by atoms with E-state index < -0.39 is 0 Å². The highest BCUT2D eigenvalue weighted by Gasteiger charge is 2.12. The topological polar surface area (TPSA) is 104 Å². The van der Waals surface area contributed by atoms with E-state index >= 15 is 0 Å². The summed E-state index contributed by atoms with van der Waals surface area (Å²) < 4.78 is 28.2. The van der Waals surface area contributed by atoms with Crippen LogP contribution in [0.2, 0.25) is 0 Å². The lowest BCUT2D eigenvalue weighted by molar-refractivity contribution is -0.121. The number of carbonyl (C=O) groups is 2. The van der Waals surface area contributed by atoms with Crippen LogP contribution in [0.4, 0.5) is 0 Å². The van der Waals surface area contributed by atoms with Gasteiger partial charge in [-0.1, -0.05) is 47.4 Å². The second kappa shape index (κ2) is 25.1. The molecule has 0 aliphatic rings. The molecule has 0 bridgehead atoms. The number of ether oxygens (including phenoxy) is 5. The molecule has 39 heavy (non-hydrogen) atoms. The molecule has 1 atom stereocenters. The van der Waals surface area contributed by atoms with Crippen molar-refractivity contribution in [2.75, 3.05) is 72.2 Å². The van der Waals surface area contributed by atoms with Crippen LogP contribution in [-0.4, -0.2) is 89.5 Å². The summed E-state index contributed by atoms with van der Waals surface area (Å²) in [5, 5.41) is 5.68. The molecule has 0 aromatic heterocycles. The van der Waals surface area contributed by atoms with Crippen LogP contribution in [0.25, 0.3) is 0 Å². The molecule has 1 aromatic carbocycles. The molecule has 0 spiro atoms. The van der Waals surface area contributed by atoms with Crippen molar-refractivity contribution in [2.24, 2.45) is 0 Å². The van der Waals surface area contributed by atoms with E-state index in [4.69, 9.17) is 23.7 Å². The predicted octanol–water partition coefficient (Wildman–Crippen LogP) is 3.92. The zero-order valence-electron chi connectivity index (χ0n) is 23.5. The lowest BCUT2D eigenvalue weighted by Crippen LogP contribution is -2.27. The van der Waals surface area contributed by atoms with Gasteiger partial charge in [0.1, 0.15) is 24.4 Å². The second-order valence-corrected chi connectivity index (χ2v) is 10.7. The van der Waals surface area contributed by atoms with Crippen LogP contribution in [0.1, 0.15) is 49.9 Å². The number of amides is 2. The normalized spacial score (nSPS) is 11.4. The Bertz CT molecular complexity index is 849. The summed E-state index contributed by atoms with van der Waals surface area (Å²) in [6.07, 6.45) is 4.75. The molecule has 0 aliphatic carbocycles. The first-order chi connectivity index (χ1) is 19.1. The standard InChI is InChI=1S/C28H44N2O7S2/c1-4-6-7-15-33-17-14-29-26(31)12-9-16-34-18-19-35-20-21-36-27(39-38-3)23-37-25-11-8-10-24(22-25)28(32)30-13-5-2/h8,10-11,22,27H,4-5,9,12-21,23H2,1-3H3,(H,29,31)(H,30,32). The van der Waals surface area contributed by atoms with Crippen molar-refractivity contribution in [1.82, 2.24) is 10.6 Å². The number of hydrogen-bond acceptors (Lipinski definition) is 9. The third-order valence-electron chi connectivity index (χ3n) is 4.86. The summed E-state index contributed by atoms with van der Waals surface area (Å²) in [5.74, 6) is 6.32. The van der Waals surface area contributed by atoms with Gasteiger partial charge in [0, 0.05) is 38.1 Å². The molecule has 11 heteroatoms. The predicted molar refractivity (Wildman–Crippen MR) is 158 cm³/mol. The maximum Gasteiger partial charge on any atom is 0.251 e. The highest BCUT2D eigenvalue weighted by Crippen LogP contribution is 2.25. The quantitative estimate of drug-likeness (QED) is 0.0857. The molecule has 0 aliphatic heterocycles. The molecule has 0 radical (unpaired) electrons. The number of benzene rings is 1. The van der Waals surface area contributed by atoms with Gasteiger partial charge in [-0.3, -0.25) is 9.59 Å². The van der Waals surface area contributed by atoms with E-state index in [0.717, 1.165) is 12.8 Å². The maximum absolute atomic E-state index is 12.2. The van der Waals surface area contributed by atoms with Crippen molar-refractivity contribution >= 4 is 33.4 Å². The number of carbonyl (C=O) groups excluding carboxylic acids is 2. The lowest BCUT2D eigenvalue weighted by atomic mass is 10.2. The SMILES string of the molecule is CCC#CCOCCNC(=O)CCCOCCOCCOC(COc1cccc(C(=O)NCCC)c1)SSC. The van der Waals surface area contributed by atoms with Gasteiger partial charge in [0.2, 0.25) is 5.91 Å². The fourth-order valence-electron chi connectivity index (χ4n) is 2.99. The van der Waals surface area contributed by atoms with Gasteiger partial charge >= 0.3 is 0 Å². The molecule has 220 valence electrons. The van der Waals surface area contributed by atoms with E-state index in [1.807, 2.05) is 32.2 Å². The van der Waals surface area contributed by atoms with Crippen LogP contribution >= 0.6 is 21.6 Å². The molecule has 2 N–H and O–H groups in total. The molecule has 2 amide bonds. The molecule has 0 saturated heterocycles. The van der Waals surface area contributed by atoms with E-state index in [9.17, 15) is 9.59 Å². The first kappa shape index (κ1) is 35.1. The molecule has 9 nitrogen and oxygen atoms in total. The van der Waals surface area contributed by atoms with Crippen LogP contribution in [-0.2, 0) is 23.7 Å². The zero-order valence-corrected chi connectivity index (χ0v) is 25.1. The fourth-order valence-corrected chi connectivity index (χ4v) is 4.46. The number of rotatable bonds is 23. The Kier molecular flexibility index (Phi) is 22.5. The van der Waals surface area contributed by atoms with Crippen LogP contribution in [0.5, 0.6) is 5.75 Å². The third kappa shape index (κ3) is 19.7. The first-order valence-electron chi connectivity index (χ1n) is 13.4. The highest BCUT2D eigenvalue weighted by atomic mass is 33.1. The van der Waals surface area contributed by atoms with Crippen LogP contribution < -0.4 is 15.4 Å².